The Labute approximate surface area is 75.1 Å². The highest BCUT2D eigenvalue weighted by atomic mass is 19.1. The van der Waals surface area contributed by atoms with Crippen molar-refractivity contribution in [3.63, 3.8) is 0 Å². The van der Waals surface area contributed by atoms with Crippen molar-refractivity contribution in [3.8, 4) is 0 Å². The Morgan fingerprint density at radius 3 is 2.54 bits per heavy atom. The largest absolute Gasteiger partial charge is 0.396 e. The molecule has 0 aliphatic rings. The lowest BCUT2D eigenvalue weighted by Gasteiger charge is -2.07. The first-order valence-corrected chi connectivity index (χ1v) is 3.67. The van der Waals surface area contributed by atoms with Gasteiger partial charge in [0, 0.05) is 11.8 Å². The fourth-order valence-corrected chi connectivity index (χ4v) is 0.891. The van der Waals surface area contributed by atoms with Crippen LogP contribution in [-0.2, 0) is 0 Å². The second-order valence-corrected chi connectivity index (χ2v) is 2.76. The molecule has 0 radical (unpaired) electrons. The summed E-state index contributed by atoms with van der Waals surface area (Å²) in [6.45, 7) is 5.20. The van der Waals surface area contributed by atoms with Crippen LogP contribution < -0.4 is 11.1 Å². The molecular weight excluding hydrogens is 174 g/mol. The Kier molecular flexibility index (Phi) is 2.51. The average Bonchev–Trinajstić information content (AvgIpc) is 1.99. The number of rotatable bonds is 2. The van der Waals surface area contributed by atoms with Crippen LogP contribution in [0.15, 0.2) is 24.4 Å². The molecule has 70 valence electrons. The van der Waals surface area contributed by atoms with Gasteiger partial charge >= 0.3 is 0 Å². The monoisotopic (exact) mass is 184 g/mol. The lowest BCUT2D eigenvalue weighted by molar-refractivity contribution is 0.589. The van der Waals surface area contributed by atoms with Crippen LogP contribution in [-0.4, -0.2) is 0 Å². The van der Waals surface area contributed by atoms with Gasteiger partial charge in [-0.05, 0) is 13.0 Å². The van der Waals surface area contributed by atoms with Crippen LogP contribution in [0, 0.1) is 11.6 Å². The average molecular weight is 184 g/mol. The molecule has 0 heterocycles. The fraction of sp³-hybridized carbons (Fsp3) is 0.111. The minimum Gasteiger partial charge on any atom is -0.396 e. The van der Waals surface area contributed by atoms with Crippen molar-refractivity contribution >= 4 is 11.4 Å². The van der Waals surface area contributed by atoms with Crippen LogP contribution in [0.25, 0.3) is 0 Å². The molecule has 0 atom stereocenters. The van der Waals surface area contributed by atoms with Crippen molar-refractivity contribution in [1.82, 2.24) is 0 Å². The van der Waals surface area contributed by atoms with Crippen molar-refractivity contribution in [2.75, 3.05) is 11.1 Å². The Morgan fingerprint density at radius 2 is 2.00 bits per heavy atom. The molecule has 0 spiro atoms. The number of benzene rings is 1. The van der Waals surface area contributed by atoms with E-state index in [4.69, 9.17) is 5.73 Å². The van der Waals surface area contributed by atoms with E-state index in [-0.39, 0.29) is 11.4 Å². The first kappa shape index (κ1) is 9.51. The summed E-state index contributed by atoms with van der Waals surface area (Å²) in [5.41, 5.74) is 5.85. The van der Waals surface area contributed by atoms with E-state index in [0.29, 0.717) is 5.70 Å². The molecule has 1 aromatic rings. The molecule has 13 heavy (non-hydrogen) atoms. The summed E-state index contributed by atoms with van der Waals surface area (Å²) in [5.74, 6) is -1.44. The summed E-state index contributed by atoms with van der Waals surface area (Å²) < 4.78 is 25.7. The van der Waals surface area contributed by atoms with Gasteiger partial charge in [-0.3, -0.25) is 0 Å². The maximum atomic E-state index is 13.0. The fourth-order valence-electron chi connectivity index (χ4n) is 0.891. The van der Waals surface area contributed by atoms with E-state index < -0.39 is 11.6 Å². The molecule has 0 saturated carbocycles. The van der Waals surface area contributed by atoms with E-state index in [1.54, 1.807) is 6.92 Å². The second kappa shape index (κ2) is 3.43. The molecule has 0 aromatic heterocycles. The van der Waals surface area contributed by atoms with E-state index in [9.17, 15) is 8.78 Å². The maximum Gasteiger partial charge on any atom is 0.149 e. The summed E-state index contributed by atoms with van der Waals surface area (Å²) in [5, 5.41) is 2.62. The number of nitrogens with two attached hydrogens (primary N) is 1. The van der Waals surface area contributed by atoms with Crippen molar-refractivity contribution in [2.24, 2.45) is 0 Å². The number of anilines is 2. The predicted molar refractivity (Wildman–Crippen MR) is 49.2 cm³/mol. The Balaban J connectivity index is 3.08. The first-order valence-electron chi connectivity index (χ1n) is 3.67. The lowest BCUT2D eigenvalue weighted by atomic mass is 10.2. The molecule has 1 rings (SSSR count). The molecule has 1 aromatic carbocycles. The molecule has 0 saturated heterocycles. The standard InChI is InChI=1S/C9H10F2N2/c1-5(2)13-9-4-8(12)6(10)3-7(9)11/h3-4,13H,1,12H2,2H3. The van der Waals surface area contributed by atoms with Gasteiger partial charge in [-0.1, -0.05) is 6.58 Å². The predicted octanol–water partition coefficient (Wildman–Crippen LogP) is 2.49. The van der Waals surface area contributed by atoms with E-state index in [1.165, 1.54) is 6.07 Å². The Bertz CT molecular complexity index is 348. The topological polar surface area (TPSA) is 38.0 Å². The summed E-state index contributed by atoms with van der Waals surface area (Å²) in [6, 6.07) is 1.93. The van der Waals surface area contributed by atoms with Gasteiger partial charge in [0.05, 0.1) is 11.4 Å². The molecule has 0 aliphatic carbocycles. The van der Waals surface area contributed by atoms with Gasteiger partial charge in [-0.2, -0.15) is 0 Å². The van der Waals surface area contributed by atoms with Gasteiger partial charge in [-0.25, -0.2) is 8.78 Å². The van der Waals surface area contributed by atoms with Gasteiger partial charge in [0.1, 0.15) is 11.6 Å². The third-order valence-electron chi connectivity index (χ3n) is 1.43. The molecule has 4 heteroatoms. The van der Waals surface area contributed by atoms with Gasteiger partial charge in [0.15, 0.2) is 0 Å². The number of nitrogens with one attached hydrogen (secondary N) is 1. The highest BCUT2D eigenvalue weighted by molar-refractivity contribution is 5.58. The van der Waals surface area contributed by atoms with E-state index >= 15 is 0 Å². The summed E-state index contributed by atoms with van der Waals surface area (Å²) >= 11 is 0. The molecule has 0 fully saturated rings. The Morgan fingerprint density at radius 1 is 1.38 bits per heavy atom. The molecule has 3 N–H and O–H groups in total. The van der Waals surface area contributed by atoms with Crippen molar-refractivity contribution < 1.29 is 8.78 Å². The van der Waals surface area contributed by atoms with Crippen molar-refractivity contribution in [2.45, 2.75) is 6.92 Å². The number of hydrogen-bond acceptors (Lipinski definition) is 2. The van der Waals surface area contributed by atoms with Crippen LogP contribution in [0.4, 0.5) is 20.2 Å². The number of halogens is 2. The van der Waals surface area contributed by atoms with Crippen LogP contribution in [0.5, 0.6) is 0 Å². The Hall–Kier alpha value is -1.58. The van der Waals surface area contributed by atoms with Crippen LogP contribution in [0.3, 0.4) is 0 Å². The highest BCUT2D eigenvalue weighted by Gasteiger charge is 2.06. The molecule has 0 bridgehead atoms. The van der Waals surface area contributed by atoms with E-state index in [0.717, 1.165) is 6.07 Å². The highest BCUT2D eigenvalue weighted by Crippen LogP contribution is 2.21. The molecule has 0 unspecified atom stereocenters. The molecule has 0 aliphatic heterocycles. The van der Waals surface area contributed by atoms with E-state index in [2.05, 4.69) is 11.9 Å². The van der Waals surface area contributed by atoms with Crippen molar-refractivity contribution in [3.05, 3.63) is 36.0 Å². The smallest absolute Gasteiger partial charge is 0.149 e. The third kappa shape index (κ3) is 2.18. The minimum atomic E-state index is -0.759. The van der Waals surface area contributed by atoms with Crippen LogP contribution >= 0.6 is 0 Å². The lowest BCUT2D eigenvalue weighted by Crippen LogP contribution is -2.00. The van der Waals surface area contributed by atoms with Gasteiger partial charge < -0.3 is 11.1 Å². The first-order chi connectivity index (χ1) is 6.00. The second-order valence-electron chi connectivity index (χ2n) is 2.76. The summed E-state index contributed by atoms with van der Waals surface area (Å²) in [6.07, 6.45) is 0. The number of hydrogen-bond donors (Lipinski definition) is 2. The number of allylic oxidation sites excluding steroid dienone is 1. The molecule has 0 amide bonds. The number of nitrogen functional groups attached to an aromatic ring is 1. The van der Waals surface area contributed by atoms with Gasteiger partial charge in [0.25, 0.3) is 0 Å². The molecular formula is C9H10F2N2. The zero-order valence-electron chi connectivity index (χ0n) is 7.20. The zero-order valence-corrected chi connectivity index (χ0v) is 7.20. The summed E-state index contributed by atoms with van der Waals surface area (Å²) in [4.78, 5) is 0. The van der Waals surface area contributed by atoms with Gasteiger partial charge in [-0.15, -0.1) is 0 Å². The zero-order chi connectivity index (χ0) is 10.0. The maximum absolute atomic E-state index is 13.0. The molecule has 2 nitrogen and oxygen atoms in total. The van der Waals surface area contributed by atoms with Crippen molar-refractivity contribution in [1.29, 1.82) is 0 Å². The van der Waals surface area contributed by atoms with Gasteiger partial charge in [0.2, 0.25) is 0 Å². The minimum absolute atomic E-state index is 0.0925. The third-order valence-corrected chi connectivity index (χ3v) is 1.43. The normalized spacial score (nSPS) is 9.77. The SMILES string of the molecule is C=C(C)Nc1cc(N)c(F)cc1F. The quantitative estimate of drug-likeness (QED) is 0.693. The van der Waals surface area contributed by atoms with Crippen LogP contribution in [0.1, 0.15) is 6.92 Å². The summed E-state index contributed by atoms with van der Waals surface area (Å²) in [7, 11) is 0. The van der Waals surface area contributed by atoms with E-state index in [1.807, 2.05) is 0 Å². The van der Waals surface area contributed by atoms with Crippen LogP contribution in [0.2, 0.25) is 0 Å².